The Bertz CT molecular complexity index is 1290. The average Bonchev–Trinajstić information content (AvgIpc) is 3.66. The van der Waals surface area contributed by atoms with Crippen molar-refractivity contribution in [2.75, 3.05) is 12.4 Å². The van der Waals surface area contributed by atoms with E-state index in [0.29, 0.717) is 30.1 Å². The fraction of sp³-hybridized carbons (Fsp3) is 0.367. The van der Waals surface area contributed by atoms with Crippen LogP contribution in [0.1, 0.15) is 67.1 Å². The lowest BCUT2D eigenvalue weighted by Crippen LogP contribution is -2.36. The lowest BCUT2D eigenvalue weighted by molar-refractivity contribution is -0.133. The molecule has 1 aliphatic heterocycles. The molecular formula is C30H34N4O4. The minimum absolute atomic E-state index is 0.000616. The summed E-state index contributed by atoms with van der Waals surface area (Å²) >= 11 is 0. The SMILES string of the molecule is CCC1CC(=O)N(Cc2ccc(NC(=O)c3ccc[nH]3)cc2)N=C1c1ccc(OC)c(OC2CCCC2)c1. The van der Waals surface area contributed by atoms with Gasteiger partial charge in [-0.15, -0.1) is 0 Å². The lowest BCUT2D eigenvalue weighted by Gasteiger charge is -2.29. The van der Waals surface area contributed by atoms with Gasteiger partial charge in [-0.2, -0.15) is 5.10 Å². The number of rotatable bonds is 9. The van der Waals surface area contributed by atoms with Crippen LogP contribution in [-0.4, -0.2) is 40.7 Å². The first-order valence-corrected chi connectivity index (χ1v) is 13.3. The van der Waals surface area contributed by atoms with E-state index in [2.05, 4.69) is 17.2 Å². The third-order valence-corrected chi connectivity index (χ3v) is 7.26. The molecule has 3 aromatic rings. The van der Waals surface area contributed by atoms with Crippen molar-refractivity contribution >= 4 is 23.2 Å². The second-order valence-corrected chi connectivity index (χ2v) is 9.87. The maximum Gasteiger partial charge on any atom is 0.272 e. The predicted octanol–water partition coefficient (Wildman–Crippen LogP) is 5.76. The molecule has 2 aliphatic rings. The monoisotopic (exact) mass is 514 g/mol. The smallest absolute Gasteiger partial charge is 0.272 e. The average molecular weight is 515 g/mol. The standard InChI is InChI=1S/C30H34N4O4/c1-3-21-18-28(35)34(19-20-10-13-23(14-11-20)32-30(36)25-9-6-16-31-25)33-29(21)22-12-15-26(37-2)27(17-22)38-24-7-4-5-8-24/h6,9-17,21,24,31H,3-5,7-8,18-19H2,1-2H3,(H,32,36). The van der Waals surface area contributed by atoms with Gasteiger partial charge < -0.3 is 19.8 Å². The maximum absolute atomic E-state index is 13.0. The van der Waals surface area contributed by atoms with Crippen LogP contribution in [-0.2, 0) is 11.3 Å². The number of amides is 2. The normalized spacial score (nSPS) is 17.8. The van der Waals surface area contributed by atoms with E-state index in [4.69, 9.17) is 14.6 Å². The molecule has 1 aliphatic carbocycles. The topological polar surface area (TPSA) is 96.0 Å². The highest BCUT2D eigenvalue weighted by Gasteiger charge is 2.30. The summed E-state index contributed by atoms with van der Waals surface area (Å²) in [6, 6.07) is 16.9. The van der Waals surface area contributed by atoms with Gasteiger partial charge in [-0.05, 0) is 80.1 Å². The largest absolute Gasteiger partial charge is 0.493 e. The fourth-order valence-corrected chi connectivity index (χ4v) is 5.09. The van der Waals surface area contributed by atoms with E-state index in [1.165, 1.54) is 12.8 Å². The van der Waals surface area contributed by atoms with Crippen LogP contribution in [0.25, 0.3) is 0 Å². The zero-order valence-corrected chi connectivity index (χ0v) is 21.9. The number of aromatic amines is 1. The quantitative estimate of drug-likeness (QED) is 0.379. The molecule has 1 saturated carbocycles. The number of aromatic nitrogens is 1. The second kappa shape index (κ2) is 11.5. The summed E-state index contributed by atoms with van der Waals surface area (Å²) in [6.45, 7) is 2.44. The van der Waals surface area contributed by atoms with Gasteiger partial charge in [0.2, 0.25) is 5.91 Å². The van der Waals surface area contributed by atoms with Crippen LogP contribution in [0.3, 0.4) is 0 Å². The number of carbonyl (C=O) groups is 2. The summed E-state index contributed by atoms with van der Waals surface area (Å²) in [5.74, 6) is 1.28. The second-order valence-electron chi connectivity index (χ2n) is 9.87. The molecule has 2 amide bonds. The number of anilines is 1. The Morgan fingerprint density at radius 3 is 2.58 bits per heavy atom. The van der Waals surface area contributed by atoms with Gasteiger partial charge in [-0.1, -0.05) is 19.1 Å². The Morgan fingerprint density at radius 2 is 1.89 bits per heavy atom. The number of benzene rings is 2. The number of ether oxygens (including phenoxy) is 2. The van der Waals surface area contributed by atoms with E-state index in [1.54, 1.807) is 30.4 Å². The van der Waals surface area contributed by atoms with Crippen molar-refractivity contribution < 1.29 is 19.1 Å². The molecule has 8 nitrogen and oxygen atoms in total. The number of methoxy groups -OCH3 is 1. The Balaban J connectivity index is 1.34. The van der Waals surface area contributed by atoms with Crippen molar-refractivity contribution in [2.45, 2.75) is 58.1 Å². The van der Waals surface area contributed by atoms with Gasteiger partial charge in [0.15, 0.2) is 11.5 Å². The predicted molar refractivity (Wildman–Crippen MR) is 147 cm³/mol. The minimum atomic E-state index is -0.204. The van der Waals surface area contributed by atoms with Gasteiger partial charge >= 0.3 is 0 Å². The number of H-pyrrole nitrogens is 1. The van der Waals surface area contributed by atoms with E-state index in [0.717, 1.165) is 41.9 Å². The van der Waals surface area contributed by atoms with Crippen LogP contribution >= 0.6 is 0 Å². The molecule has 5 rings (SSSR count). The molecule has 1 fully saturated rings. The Labute approximate surface area is 223 Å². The molecule has 1 unspecified atom stereocenters. The molecule has 198 valence electrons. The molecule has 0 radical (unpaired) electrons. The first-order chi connectivity index (χ1) is 18.5. The van der Waals surface area contributed by atoms with Gasteiger partial charge in [0.1, 0.15) is 5.69 Å². The number of nitrogens with one attached hydrogen (secondary N) is 2. The Kier molecular flexibility index (Phi) is 7.77. The number of hydrogen-bond donors (Lipinski definition) is 2. The van der Waals surface area contributed by atoms with Crippen molar-refractivity contribution in [3.8, 4) is 11.5 Å². The summed E-state index contributed by atoms with van der Waals surface area (Å²) in [5.41, 5.74) is 3.94. The third kappa shape index (κ3) is 5.74. The van der Waals surface area contributed by atoms with Crippen LogP contribution in [0.5, 0.6) is 11.5 Å². The number of hydrogen-bond acceptors (Lipinski definition) is 5. The Morgan fingerprint density at radius 1 is 1.11 bits per heavy atom. The lowest BCUT2D eigenvalue weighted by atomic mass is 9.89. The number of hydrazone groups is 1. The highest BCUT2D eigenvalue weighted by atomic mass is 16.5. The molecule has 2 aromatic carbocycles. The third-order valence-electron chi connectivity index (χ3n) is 7.26. The summed E-state index contributed by atoms with van der Waals surface area (Å²) in [7, 11) is 1.65. The van der Waals surface area contributed by atoms with Crippen molar-refractivity contribution in [1.82, 2.24) is 9.99 Å². The van der Waals surface area contributed by atoms with Crippen LogP contribution in [0, 0.1) is 5.92 Å². The van der Waals surface area contributed by atoms with E-state index in [-0.39, 0.29) is 23.8 Å². The summed E-state index contributed by atoms with van der Waals surface area (Å²) in [5, 5.41) is 9.26. The van der Waals surface area contributed by atoms with E-state index < -0.39 is 0 Å². The van der Waals surface area contributed by atoms with Crippen LogP contribution in [0.2, 0.25) is 0 Å². The molecule has 2 heterocycles. The van der Waals surface area contributed by atoms with Crippen molar-refractivity contribution in [1.29, 1.82) is 0 Å². The van der Waals surface area contributed by atoms with Crippen molar-refractivity contribution in [2.24, 2.45) is 11.0 Å². The summed E-state index contributed by atoms with van der Waals surface area (Å²) in [4.78, 5) is 28.2. The first-order valence-electron chi connectivity index (χ1n) is 13.3. The molecule has 0 spiro atoms. The van der Waals surface area contributed by atoms with E-state index in [1.807, 2.05) is 42.5 Å². The molecule has 1 aromatic heterocycles. The number of nitrogens with zero attached hydrogens (tertiary/aromatic N) is 2. The molecule has 38 heavy (non-hydrogen) atoms. The zero-order valence-electron chi connectivity index (χ0n) is 21.9. The minimum Gasteiger partial charge on any atom is -0.493 e. The molecule has 1 atom stereocenters. The highest BCUT2D eigenvalue weighted by molar-refractivity contribution is 6.06. The van der Waals surface area contributed by atoms with Gasteiger partial charge in [-0.3, -0.25) is 9.59 Å². The van der Waals surface area contributed by atoms with Crippen LogP contribution in [0.15, 0.2) is 65.9 Å². The van der Waals surface area contributed by atoms with Gasteiger partial charge in [-0.25, -0.2) is 5.01 Å². The molecule has 8 heteroatoms. The van der Waals surface area contributed by atoms with Crippen molar-refractivity contribution in [3.05, 3.63) is 77.6 Å². The number of carbonyl (C=O) groups excluding carboxylic acids is 2. The molecular weight excluding hydrogens is 480 g/mol. The summed E-state index contributed by atoms with van der Waals surface area (Å²) in [6.07, 6.45) is 7.64. The van der Waals surface area contributed by atoms with Gasteiger partial charge in [0.05, 0.1) is 25.5 Å². The highest BCUT2D eigenvalue weighted by Crippen LogP contribution is 2.34. The van der Waals surface area contributed by atoms with Crippen LogP contribution in [0.4, 0.5) is 5.69 Å². The molecule has 2 N–H and O–H groups in total. The Hall–Kier alpha value is -4.07. The molecule has 0 saturated heterocycles. The fourth-order valence-electron chi connectivity index (χ4n) is 5.09. The van der Waals surface area contributed by atoms with Crippen molar-refractivity contribution in [3.63, 3.8) is 0 Å². The van der Waals surface area contributed by atoms with E-state index >= 15 is 0 Å². The summed E-state index contributed by atoms with van der Waals surface area (Å²) < 4.78 is 11.9. The van der Waals surface area contributed by atoms with E-state index in [9.17, 15) is 9.59 Å². The molecule has 0 bridgehead atoms. The van der Waals surface area contributed by atoms with Gasteiger partial charge in [0.25, 0.3) is 5.91 Å². The maximum atomic E-state index is 13.0. The first kappa shape index (κ1) is 25.6. The van der Waals surface area contributed by atoms with Gasteiger partial charge in [0, 0.05) is 29.8 Å². The zero-order chi connectivity index (χ0) is 26.5. The van der Waals surface area contributed by atoms with Crippen LogP contribution < -0.4 is 14.8 Å².